The number of hydrogen-bond acceptors (Lipinski definition) is 4. The number of aromatic nitrogens is 2. The second-order valence-electron chi connectivity index (χ2n) is 5.19. The van der Waals surface area contributed by atoms with E-state index in [1.165, 1.54) is 4.68 Å². The summed E-state index contributed by atoms with van der Waals surface area (Å²) in [6.07, 6.45) is 2.72. The summed E-state index contributed by atoms with van der Waals surface area (Å²) in [6, 6.07) is 11.7. The Bertz CT molecular complexity index is 638. The summed E-state index contributed by atoms with van der Waals surface area (Å²) in [5.74, 6) is 0. The molecule has 5 heteroatoms. The maximum atomic E-state index is 12.1. The average Bonchev–Trinajstić information content (AvgIpc) is 2.89. The third-order valence-corrected chi connectivity index (χ3v) is 3.62. The molecule has 0 spiro atoms. The van der Waals surface area contributed by atoms with Crippen LogP contribution in [0.25, 0.3) is 0 Å². The summed E-state index contributed by atoms with van der Waals surface area (Å²) in [6.45, 7) is 2.19. The van der Waals surface area contributed by atoms with Gasteiger partial charge in [-0.15, -0.1) is 0 Å². The molecule has 2 aromatic rings. The van der Waals surface area contributed by atoms with Crippen molar-refractivity contribution >= 4 is 5.69 Å². The maximum Gasteiger partial charge on any atom is 0.269 e. The summed E-state index contributed by atoms with van der Waals surface area (Å²) in [5.41, 5.74) is 7.75. The van der Waals surface area contributed by atoms with Crippen LogP contribution in [-0.2, 0) is 6.54 Å². The minimum absolute atomic E-state index is 0.0770. The lowest BCUT2D eigenvalue weighted by atomic mass is 10.2. The van der Waals surface area contributed by atoms with Crippen LogP contribution in [0.15, 0.2) is 47.4 Å². The van der Waals surface area contributed by atoms with Gasteiger partial charge in [0.25, 0.3) is 5.56 Å². The molecule has 1 saturated heterocycles. The highest BCUT2D eigenvalue weighted by molar-refractivity contribution is 5.44. The molecule has 20 heavy (non-hydrogen) atoms. The van der Waals surface area contributed by atoms with Crippen LogP contribution in [0.2, 0.25) is 0 Å². The molecule has 3 rings (SSSR count). The zero-order valence-electron chi connectivity index (χ0n) is 11.3. The van der Waals surface area contributed by atoms with E-state index >= 15 is 0 Å². The van der Waals surface area contributed by atoms with Crippen LogP contribution >= 0.6 is 0 Å². The third kappa shape index (κ3) is 2.72. The molecule has 1 unspecified atom stereocenters. The van der Waals surface area contributed by atoms with Crippen molar-refractivity contribution in [1.29, 1.82) is 0 Å². The molecule has 2 N–H and O–H groups in total. The molecule has 1 aliphatic rings. The van der Waals surface area contributed by atoms with Gasteiger partial charge in [0, 0.05) is 25.2 Å². The van der Waals surface area contributed by atoms with Crippen molar-refractivity contribution in [3.05, 3.63) is 58.5 Å². The largest absolute Gasteiger partial charge is 0.368 e. The van der Waals surface area contributed by atoms with Crippen LogP contribution in [0, 0.1) is 0 Å². The molecule has 0 aliphatic carbocycles. The predicted molar refractivity (Wildman–Crippen MR) is 78.8 cm³/mol. The molecule has 0 radical (unpaired) electrons. The van der Waals surface area contributed by atoms with Crippen LogP contribution in [0.4, 0.5) is 5.69 Å². The Kier molecular flexibility index (Phi) is 3.52. The summed E-state index contributed by atoms with van der Waals surface area (Å²) in [5, 5.41) is 4.26. The van der Waals surface area contributed by atoms with Gasteiger partial charge in [-0.05, 0) is 12.0 Å². The van der Waals surface area contributed by atoms with Gasteiger partial charge in [-0.3, -0.25) is 4.79 Å². The fourth-order valence-corrected chi connectivity index (χ4v) is 2.49. The van der Waals surface area contributed by atoms with Gasteiger partial charge in [-0.25, -0.2) is 4.68 Å². The molecule has 1 aliphatic heterocycles. The van der Waals surface area contributed by atoms with Crippen molar-refractivity contribution in [2.24, 2.45) is 5.73 Å². The number of nitrogens with two attached hydrogens (primary N) is 1. The first-order valence-corrected chi connectivity index (χ1v) is 6.84. The van der Waals surface area contributed by atoms with Crippen LogP contribution < -0.4 is 16.2 Å². The number of anilines is 1. The topological polar surface area (TPSA) is 64.2 Å². The van der Waals surface area contributed by atoms with Gasteiger partial charge < -0.3 is 10.6 Å². The van der Waals surface area contributed by atoms with Gasteiger partial charge in [0.15, 0.2) is 0 Å². The number of nitrogens with zero attached hydrogens (tertiary/aromatic N) is 3. The maximum absolute atomic E-state index is 12.1. The average molecular weight is 270 g/mol. The van der Waals surface area contributed by atoms with Crippen molar-refractivity contribution in [3.63, 3.8) is 0 Å². The van der Waals surface area contributed by atoms with E-state index in [9.17, 15) is 4.79 Å². The monoisotopic (exact) mass is 270 g/mol. The molecule has 0 saturated carbocycles. The van der Waals surface area contributed by atoms with Crippen molar-refractivity contribution in [1.82, 2.24) is 9.78 Å². The van der Waals surface area contributed by atoms with Crippen molar-refractivity contribution < 1.29 is 0 Å². The zero-order chi connectivity index (χ0) is 13.9. The number of hydrogen-bond donors (Lipinski definition) is 1. The Morgan fingerprint density at radius 3 is 2.75 bits per heavy atom. The van der Waals surface area contributed by atoms with E-state index in [-0.39, 0.29) is 11.6 Å². The molecular weight excluding hydrogens is 252 g/mol. The Labute approximate surface area is 117 Å². The van der Waals surface area contributed by atoms with E-state index in [0.29, 0.717) is 6.54 Å². The quantitative estimate of drug-likeness (QED) is 0.897. The fraction of sp³-hybridized carbons (Fsp3) is 0.333. The first-order chi connectivity index (χ1) is 9.72. The molecule has 1 aromatic carbocycles. The van der Waals surface area contributed by atoms with Crippen molar-refractivity contribution in [2.45, 2.75) is 19.0 Å². The van der Waals surface area contributed by atoms with Gasteiger partial charge in [-0.2, -0.15) is 5.10 Å². The minimum atomic E-state index is -0.0770. The van der Waals surface area contributed by atoms with Crippen LogP contribution in [-0.4, -0.2) is 28.9 Å². The zero-order valence-corrected chi connectivity index (χ0v) is 11.3. The lowest BCUT2D eigenvalue weighted by molar-refractivity contribution is 0.637. The van der Waals surface area contributed by atoms with E-state index < -0.39 is 0 Å². The smallest absolute Gasteiger partial charge is 0.269 e. The van der Waals surface area contributed by atoms with E-state index in [2.05, 4.69) is 10.00 Å². The molecule has 104 valence electrons. The Morgan fingerprint density at radius 2 is 2.10 bits per heavy atom. The minimum Gasteiger partial charge on any atom is -0.368 e. The molecule has 1 atom stereocenters. The number of rotatable bonds is 3. The van der Waals surface area contributed by atoms with E-state index in [1.807, 2.05) is 30.3 Å². The molecular formula is C15H18N4O. The first-order valence-electron chi connectivity index (χ1n) is 6.84. The molecule has 5 nitrogen and oxygen atoms in total. The predicted octanol–water partition coefficient (Wildman–Crippen LogP) is 0.829. The molecule has 0 bridgehead atoms. The van der Waals surface area contributed by atoms with E-state index in [0.717, 1.165) is 30.8 Å². The highest BCUT2D eigenvalue weighted by atomic mass is 16.1. The van der Waals surface area contributed by atoms with E-state index in [1.54, 1.807) is 12.3 Å². The third-order valence-electron chi connectivity index (χ3n) is 3.62. The summed E-state index contributed by atoms with van der Waals surface area (Å²) >= 11 is 0. The lowest BCUT2D eigenvalue weighted by Crippen LogP contribution is -2.29. The van der Waals surface area contributed by atoms with Gasteiger partial charge in [0.05, 0.1) is 18.4 Å². The van der Waals surface area contributed by atoms with E-state index in [4.69, 9.17) is 5.73 Å². The Morgan fingerprint density at radius 1 is 1.30 bits per heavy atom. The Hall–Kier alpha value is -2.14. The second-order valence-corrected chi connectivity index (χ2v) is 5.19. The molecule has 1 fully saturated rings. The highest BCUT2D eigenvalue weighted by Crippen LogP contribution is 2.16. The number of benzene rings is 1. The van der Waals surface area contributed by atoms with Gasteiger partial charge in [0.1, 0.15) is 0 Å². The summed E-state index contributed by atoms with van der Waals surface area (Å²) < 4.78 is 1.48. The lowest BCUT2D eigenvalue weighted by Gasteiger charge is -2.17. The van der Waals surface area contributed by atoms with Gasteiger partial charge in [0.2, 0.25) is 0 Å². The Balaban J connectivity index is 1.79. The standard InChI is InChI=1S/C15H18N4O/c16-13-6-7-18(11-13)14-8-15(20)19(17-9-14)10-12-4-2-1-3-5-12/h1-5,8-9,13H,6-7,10-11,16H2. The van der Waals surface area contributed by atoms with Crippen molar-refractivity contribution in [3.8, 4) is 0 Å². The highest BCUT2D eigenvalue weighted by Gasteiger charge is 2.20. The fourth-order valence-electron chi connectivity index (χ4n) is 2.49. The van der Waals surface area contributed by atoms with Gasteiger partial charge in [-0.1, -0.05) is 30.3 Å². The van der Waals surface area contributed by atoms with Gasteiger partial charge >= 0.3 is 0 Å². The SMILES string of the molecule is NC1CCN(c2cnn(Cc3ccccc3)c(=O)c2)C1. The van der Waals surface area contributed by atoms with Crippen LogP contribution in [0.5, 0.6) is 0 Å². The molecule has 2 heterocycles. The summed E-state index contributed by atoms with van der Waals surface area (Å²) in [4.78, 5) is 14.2. The molecule has 0 amide bonds. The first kappa shape index (κ1) is 12.9. The van der Waals surface area contributed by atoms with Crippen molar-refractivity contribution in [2.75, 3.05) is 18.0 Å². The van der Waals surface area contributed by atoms with Crippen LogP contribution in [0.3, 0.4) is 0 Å². The normalized spacial score (nSPS) is 18.4. The van der Waals surface area contributed by atoms with Crippen LogP contribution in [0.1, 0.15) is 12.0 Å². The second kappa shape index (κ2) is 5.46. The summed E-state index contributed by atoms with van der Waals surface area (Å²) in [7, 11) is 0. The molecule has 1 aromatic heterocycles.